The van der Waals surface area contributed by atoms with Crippen molar-refractivity contribution in [2.45, 2.75) is 45.3 Å². The smallest absolute Gasteiger partial charge is 0.343 e. The van der Waals surface area contributed by atoms with Crippen LogP contribution in [0.5, 0.6) is 0 Å². The van der Waals surface area contributed by atoms with E-state index in [2.05, 4.69) is 25.0 Å². The molecule has 2 aromatic heterocycles. The van der Waals surface area contributed by atoms with E-state index in [0.29, 0.717) is 19.0 Å². The van der Waals surface area contributed by atoms with E-state index in [1.54, 1.807) is 10.8 Å². The van der Waals surface area contributed by atoms with E-state index < -0.39 is 0 Å². The van der Waals surface area contributed by atoms with Crippen LogP contribution < -0.4 is 15.5 Å². The first-order chi connectivity index (χ1) is 13.1. The lowest BCUT2D eigenvalue weighted by Gasteiger charge is -2.32. The Labute approximate surface area is 158 Å². The maximum atomic E-state index is 11.7. The first-order valence-electron chi connectivity index (χ1n) is 9.79. The number of aliphatic hydroxyl groups is 1. The summed E-state index contributed by atoms with van der Waals surface area (Å²) in [5.41, 5.74) is -0.123. The van der Waals surface area contributed by atoms with Gasteiger partial charge in [0.1, 0.15) is 11.6 Å². The number of hydrogen-bond donors (Lipinski definition) is 2. The fourth-order valence-corrected chi connectivity index (χ4v) is 4.05. The average Bonchev–Trinajstić information content (AvgIpc) is 3.28. The lowest BCUT2D eigenvalue weighted by molar-refractivity contribution is 0.198. The number of piperidine rings is 1. The first kappa shape index (κ1) is 18.0. The van der Waals surface area contributed by atoms with Gasteiger partial charge >= 0.3 is 5.69 Å². The minimum atomic E-state index is -0.262. The molecule has 9 nitrogen and oxygen atoms in total. The van der Waals surface area contributed by atoms with E-state index in [9.17, 15) is 9.90 Å². The van der Waals surface area contributed by atoms with Gasteiger partial charge in [-0.3, -0.25) is 4.57 Å². The summed E-state index contributed by atoms with van der Waals surface area (Å²) in [5.74, 6) is 3.02. The number of hydrogen-bond acceptors (Lipinski definition) is 7. The van der Waals surface area contributed by atoms with Gasteiger partial charge in [-0.1, -0.05) is 0 Å². The largest absolute Gasteiger partial charge is 0.391 e. The van der Waals surface area contributed by atoms with Crippen molar-refractivity contribution in [2.24, 2.45) is 5.92 Å². The van der Waals surface area contributed by atoms with Crippen molar-refractivity contribution in [1.29, 1.82) is 0 Å². The number of aliphatic hydroxyl groups excluding tert-OH is 1. The third-order valence-corrected chi connectivity index (χ3v) is 5.64. The molecule has 0 aromatic carbocycles. The minimum absolute atomic E-state index is 0.123. The molecule has 27 heavy (non-hydrogen) atoms. The number of H-pyrrole nitrogens is 1. The second-order valence-corrected chi connectivity index (χ2v) is 7.43. The van der Waals surface area contributed by atoms with Crippen LogP contribution >= 0.6 is 0 Å². The van der Waals surface area contributed by atoms with Crippen molar-refractivity contribution < 1.29 is 5.11 Å². The number of aromatic amines is 1. The Hall–Kier alpha value is -2.42. The zero-order valence-corrected chi connectivity index (χ0v) is 15.7. The molecular weight excluding hydrogens is 346 g/mol. The number of nitrogens with one attached hydrogen (secondary N) is 1. The van der Waals surface area contributed by atoms with Crippen LogP contribution in [-0.2, 0) is 13.0 Å². The van der Waals surface area contributed by atoms with Gasteiger partial charge in [0.05, 0.1) is 6.10 Å². The molecule has 2 aliphatic rings. The van der Waals surface area contributed by atoms with E-state index in [4.69, 9.17) is 4.98 Å². The molecule has 0 aliphatic carbocycles. The maximum Gasteiger partial charge on any atom is 0.343 e. The highest BCUT2D eigenvalue weighted by atomic mass is 16.3. The van der Waals surface area contributed by atoms with E-state index in [1.807, 2.05) is 13.0 Å². The van der Waals surface area contributed by atoms with Gasteiger partial charge in [-0.05, 0) is 38.2 Å². The molecule has 2 fully saturated rings. The normalized spacial score (nSPS) is 21.2. The summed E-state index contributed by atoms with van der Waals surface area (Å²) in [4.78, 5) is 25.2. The van der Waals surface area contributed by atoms with E-state index in [1.165, 1.54) is 0 Å². The van der Waals surface area contributed by atoms with Crippen molar-refractivity contribution in [2.75, 3.05) is 36.0 Å². The van der Waals surface area contributed by atoms with Crippen molar-refractivity contribution >= 4 is 11.8 Å². The summed E-state index contributed by atoms with van der Waals surface area (Å²) in [7, 11) is 0. The van der Waals surface area contributed by atoms with Gasteiger partial charge in [-0.15, -0.1) is 0 Å². The lowest BCUT2D eigenvalue weighted by atomic mass is 9.93. The monoisotopic (exact) mass is 373 g/mol. The molecule has 2 aromatic rings. The summed E-state index contributed by atoms with van der Waals surface area (Å²) in [5, 5.41) is 16.5. The second kappa shape index (κ2) is 7.67. The summed E-state index contributed by atoms with van der Waals surface area (Å²) < 4.78 is 1.71. The molecule has 0 radical (unpaired) electrons. The van der Waals surface area contributed by atoms with Gasteiger partial charge in [0, 0.05) is 45.3 Å². The van der Waals surface area contributed by atoms with Gasteiger partial charge in [0.15, 0.2) is 0 Å². The molecule has 2 N–H and O–H groups in total. The van der Waals surface area contributed by atoms with Crippen molar-refractivity contribution in [3.05, 3.63) is 28.6 Å². The summed E-state index contributed by atoms with van der Waals surface area (Å²) in [6, 6.07) is 1.91. The number of anilines is 2. The third kappa shape index (κ3) is 3.83. The second-order valence-electron chi connectivity index (χ2n) is 7.43. The number of rotatable bonds is 5. The molecule has 146 valence electrons. The highest BCUT2D eigenvalue weighted by Gasteiger charge is 2.25. The van der Waals surface area contributed by atoms with Crippen LogP contribution in [0.2, 0.25) is 0 Å². The van der Waals surface area contributed by atoms with E-state index in [0.717, 1.165) is 62.9 Å². The molecule has 9 heteroatoms. The molecule has 4 heterocycles. The molecule has 0 unspecified atom stereocenters. The van der Waals surface area contributed by atoms with Gasteiger partial charge in [-0.25, -0.2) is 14.9 Å². The van der Waals surface area contributed by atoms with Crippen LogP contribution in [0.1, 0.15) is 32.0 Å². The zero-order chi connectivity index (χ0) is 18.8. The van der Waals surface area contributed by atoms with Gasteiger partial charge in [0.2, 0.25) is 5.95 Å². The molecule has 0 spiro atoms. The van der Waals surface area contributed by atoms with Crippen LogP contribution in [0.3, 0.4) is 0 Å². The van der Waals surface area contributed by atoms with E-state index >= 15 is 0 Å². The molecule has 0 amide bonds. The summed E-state index contributed by atoms with van der Waals surface area (Å²) in [6.45, 7) is 5.89. The van der Waals surface area contributed by atoms with Crippen molar-refractivity contribution in [3.63, 3.8) is 0 Å². The SMILES string of the molecule is CCn1c(CC2CCN(c3nccc(N4CC[C@H](O)C4)n3)CC2)n[nH]c1=O. The fraction of sp³-hybridized carbons (Fsp3) is 0.667. The molecule has 0 saturated carbocycles. The molecular formula is C18H27N7O2. The van der Waals surface area contributed by atoms with Crippen molar-refractivity contribution in [3.8, 4) is 0 Å². The molecule has 1 atom stereocenters. The zero-order valence-electron chi connectivity index (χ0n) is 15.7. The lowest BCUT2D eigenvalue weighted by Crippen LogP contribution is -2.36. The predicted octanol–water partition coefficient (Wildman–Crippen LogP) is 0.411. The highest BCUT2D eigenvalue weighted by molar-refractivity contribution is 5.45. The fourth-order valence-electron chi connectivity index (χ4n) is 4.05. The summed E-state index contributed by atoms with van der Waals surface area (Å²) in [6.07, 6.45) is 5.22. The first-order valence-corrected chi connectivity index (χ1v) is 9.79. The number of β-amino-alcohol motifs (C(OH)–C–C–N with tert-alkyl or cyclic N) is 1. The van der Waals surface area contributed by atoms with Gasteiger partial charge in [-0.2, -0.15) is 10.1 Å². The predicted molar refractivity (Wildman–Crippen MR) is 102 cm³/mol. The average molecular weight is 373 g/mol. The summed E-state index contributed by atoms with van der Waals surface area (Å²) >= 11 is 0. The van der Waals surface area contributed by atoms with Gasteiger partial charge < -0.3 is 14.9 Å². The van der Waals surface area contributed by atoms with Crippen LogP contribution in [0.25, 0.3) is 0 Å². The molecule has 4 rings (SSSR count). The Morgan fingerprint density at radius 3 is 2.70 bits per heavy atom. The molecule has 0 bridgehead atoms. The quantitative estimate of drug-likeness (QED) is 0.782. The Balaban J connectivity index is 1.37. The number of nitrogens with zero attached hydrogens (tertiary/aromatic N) is 6. The Kier molecular flexibility index (Phi) is 5.11. The Morgan fingerprint density at radius 2 is 2.00 bits per heavy atom. The highest BCUT2D eigenvalue weighted by Crippen LogP contribution is 2.25. The van der Waals surface area contributed by atoms with Crippen LogP contribution in [0.15, 0.2) is 17.1 Å². The van der Waals surface area contributed by atoms with Crippen LogP contribution in [0.4, 0.5) is 11.8 Å². The molecule has 2 aliphatic heterocycles. The van der Waals surface area contributed by atoms with Gasteiger partial charge in [0.25, 0.3) is 0 Å². The standard InChI is InChI=1S/C18H27N7O2/c1-2-25-16(21-22-18(25)27)11-13-4-8-23(9-5-13)17-19-7-3-15(20-17)24-10-6-14(26)12-24/h3,7,13-14,26H,2,4-6,8-12H2,1H3,(H,22,27)/t14-/m0/s1. The van der Waals surface area contributed by atoms with Crippen LogP contribution in [-0.4, -0.2) is 62.1 Å². The Bertz CT molecular complexity index is 825. The van der Waals surface area contributed by atoms with Crippen molar-refractivity contribution in [1.82, 2.24) is 24.7 Å². The van der Waals surface area contributed by atoms with Crippen LogP contribution in [0, 0.1) is 5.92 Å². The number of aromatic nitrogens is 5. The Morgan fingerprint density at radius 1 is 1.22 bits per heavy atom. The minimum Gasteiger partial charge on any atom is -0.391 e. The molecule has 2 saturated heterocycles. The third-order valence-electron chi connectivity index (χ3n) is 5.64. The topological polar surface area (TPSA) is 103 Å². The van der Waals surface area contributed by atoms with E-state index in [-0.39, 0.29) is 11.8 Å². The maximum absolute atomic E-state index is 11.7.